The smallest absolute Gasteiger partial charge is 0.280 e. The van der Waals surface area contributed by atoms with E-state index in [1.54, 1.807) is 22.7 Å². The zero-order chi connectivity index (χ0) is 18.0. The number of rotatable bonds is 5. The summed E-state index contributed by atoms with van der Waals surface area (Å²) in [5.74, 6) is 0.640. The lowest BCUT2D eigenvalue weighted by Gasteiger charge is -2.17. The molecule has 2 atom stereocenters. The molecular formula is C19H24N3OS2+. The molecule has 4 nitrogen and oxygen atoms in total. The summed E-state index contributed by atoms with van der Waals surface area (Å²) in [6.07, 6.45) is 3.10. The third-order valence-electron chi connectivity index (χ3n) is 4.77. The van der Waals surface area contributed by atoms with Gasteiger partial charge in [-0.15, -0.1) is 22.7 Å². The number of aryl methyl sites for hydroxylation is 1. The first-order valence-corrected chi connectivity index (χ1v) is 10.4. The molecule has 2 heterocycles. The van der Waals surface area contributed by atoms with Crippen LogP contribution in [0.4, 0.5) is 5.00 Å². The van der Waals surface area contributed by atoms with Crippen molar-refractivity contribution in [2.45, 2.75) is 39.7 Å². The second-order valence-corrected chi connectivity index (χ2v) is 9.16. The maximum Gasteiger partial charge on any atom is 0.280 e. The van der Waals surface area contributed by atoms with E-state index in [-0.39, 0.29) is 5.91 Å². The highest BCUT2D eigenvalue weighted by molar-refractivity contribution is 7.16. The molecule has 0 radical (unpaired) electrons. The topological polar surface area (TPSA) is 57.3 Å². The van der Waals surface area contributed by atoms with Crippen molar-refractivity contribution in [1.82, 2.24) is 0 Å². The number of nitrogens with one attached hydrogen (secondary N) is 2. The van der Waals surface area contributed by atoms with E-state index in [0.29, 0.717) is 18.0 Å². The Bertz CT molecular complexity index is 815. The molecule has 3 rings (SSSR count). The van der Waals surface area contributed by atoms with Gasteiger partial charge in [-0.25, -0.2) is 0 Å². The van der Waals surface area contributed by atoms with Gasteiger partial charge in [0.25, 0.3) is 5.91 Å². The van der Waals surface area contributed by atoms with Crippen molar-refractivity contribution in [3.05, 3.63) is 37.9 Å². The minimum Gasteiger partial charge on any atom is -0.325 e. The number of likely N-dealkylation sites (N-methyl/N-ethyl adjacent to an activating group) is 1. The maximum absolute atomic E-state index is 12.5. The first kappa shape index (κ1) is 18.1. The Hall–Kier alpha value is -1.68. The van der Waals surface area contributed by atoms with Gasteiger partial charge in [0.15, 0.2) is 6.54 Å². The quantitative estimate of drug-likeness (QED) is 0.845. The number of quaternary nitrogens is 1. The summed E-state index contributed by atoms with van der Waals surface area (Å²) in [5, 5.41) is 15.4. The number of amides is 1. The van der Waals surface area contributed by atoms with Gasteiger partial charge in [0.05, 0.1) is 17.5 Å². The molecule has 0 bridgehead atoms. The first-order chi connectivity index (χ1) is 12.0. The van der Waals surface area contributed by atoms with Crippen LogP contribution in [0.15, 0.2) is 11.4 Å². The molecule has 0 aliphatic heterocycles. The van der Waals surface area contributed by atoms with Crippen LogP contribution in [0.25, 0.3) is 0 Å². The van der Waals surface area contributed by atoms with Crippen LogP contribution in [0.5, 0.6) is 0 Å². The zero-order valence-electron chi connectivity index (χ0n) is 14.9. The molecule has 132 valence electrons. The number of hydrogen-bond acceptors (Lipinski definition) is 4. The number of carbonyl (C=O) groups is 1. The predicted molar refractivity (Wildman–Crippen MR) is 103 cm³/mol. The van der Waals surface area contributed by atoms with E-state index >= 15 is 0 Å². The van der Waals surface area contributed by atoms with E-state index < -0.39 is 0 Å². The lowest BCUT2D eigenvalue weighted by molar-refractivity contribution is -0.884. The molecule has 1 aliphatic carbocycles. The number of anilines is 1. The Labute approximate surface area is 157 Å². The first-order valence-electron chi connectivity index (χ1n) is 8.66. The Balaban J connectivity index is 1.65. The standard InChI is InChI=1S/C19H23N3OS2/c1-12-4-5-14-15(9-20)19(25-16(14)8-12)21-18(23)11-22(3)10-17-13(2)6-7-24-17/h6-7,12H,4-5,8,10-11H2,1-3H3,(H,21,23)/p+1/t12-/m1/s1. The number of hydrogen-bond donors (Lipinski definition) is 2. The Morgan fingerprint density at radius 1 is 1.52 bits per heavy atom. The highest BCUT2D eigenvalue weighted by atomic mass is 32.1. The molecule has 0 saturated heterocycles. The van der Waals surface area contributed by atoms with Crippen LogP contribution in [0.1, 0.15) is 39.8 Å². The number of fused-ring (bicyclic) bond motifs is 1. The molecule has 6 heteroatoms. The number of thiophene rings is 2. The van der Waals surface area contributed by atoms with Crippen LogP contribution in [-0.2, 0) is 24.2 Å². The monoisotopic (exact) mass is 374 g/mol. The van der Waals surface area contributed by atoms with E-state index in [1.165, 1.54) is 15.3 Å². The van der Waals surface area contributed by atoms with E-state index in [0.717, 1.165) is 41.3 Å². The van der Waals surface area contributed by atoms with Gasteiger partial charge >= 0.3 is 0 Å². The fraction of sp³-hybridized carbons (Fsp3) is 0.474. The maximum atomic E-state index is 12.5. The van der Waals surface area contributed by atoms with Crippen LogP contribution < -0.4 is 10.2 Å². The Morgan fingerprint density at radius 3 is 3.00 bits per heavy atom. The van der Waals surface area contributed by atoms with Crippen molar-refractivity contribution in [2.75, 3.05) is 18.9 Å². The summed E-state index contributed by atoms with van der Waals surface area (Å²) in [5.41, 5.74) is 3.14. The second-order valence-electron chi connectivity index (χ2n) is 7.05. The average molecular weight is 375 g/mol. The van der Waals surface area contributed by atoms with Gasteiger partial charge in [-0.3, -0.25) is 4.79 Å². The lowest BCUT2D eigenvalue weighted by Crippen LogP contribution is -3.08. The number of nitrogens with zero attached hydrogens (tertiary/aromatic N) is 1. The van der Waals surface area contributed by atoms with Crippen LogP contribution in [-0.4, -0.2) is 19.5 Å². The van der Waals surface area contributed by atoms with Crippen molar-refractivity contribution in [3.8, 4) is 6.07 Å². The van der Waals surface area contributed by atoms with Crippen molar-refractivity contribution < 1.29 is 9.69 Å². The summed E-state index contributed by atoms with van der Waals surface area (Å²) < 4.78 is 0. The highest BCUT2D eigenvalue weighted by Crippen LogP contribution is 2.39. The largest absolute Gasteiger partial charge is 0.325 e. The summed E-state index contributed by atoms with van der Waals surface area (Å²) in [6.45, 7) is 5.61. The fourth-order valence-electron chi connectivity index (χ4n) is 3.32. The van der Waals surface area contributed by atoms with Crippen molar-refractivity contribution in [1.29, 1.82) is 5.26 Å². The number of nitriles is 1. The minimum atomic E-state index is -0.0187. The highest BCUT2D eigenvalue weighted by Gasteiger charge is 2.25. The molecule has 0 spiro atoms. The third-order valence-corrected chi connectivity index (χ3v) is 6.96. The number of carbonyl (C=O) groups excluding carboxylic acids is 1. The molecule has 0 saturated carbocycles. The van der Waals surface area contributed by atoms with Crippen LogP contribution in [0.2, 0.25) is 0 Å². The summed E-state index contributed by atoms with van der Waals surface area (Å²) >= 11 is 3.33. The molecule has 2 aromatic heterocycles. The van der Waals surface area contributed by atoms with Crippen LogP contribution in [0, 0.1) is 24.2 Å². The van der Waals surface area contributed by atoms with Crippen LogP contribution >= 0.6 is 22.7 Å². The zero-order valence-corrected chi connectivity index (χ0v) is 16.6. The molecule has 25 heavy (non-hydrogen) atoms. The summed E-state index contributed by atoms with van der Waals surface area (Å²) in [7, 11) is 2.03. The average Bonchev–Trinajstić information content (AvgIpc) is 3.09. The van der Waals surface area contributed by atoms with Crippen molar-refractivity contribution in [3.63, 3.8) is 0 Å². The van der Waals surface area contributed by atoms with Gasteiger partial charge in [-0.1, -0.05) is 6.92 Å². The Morgan fingerprint density at radius 2 is 2.32 bits per heavy atom. The van der Waals surface area contributed by atoms with Gasteiger partial charge in [-0.05, 0) is 54.7 Å². The molecule has 1 amide bonds. The van der Waals surface area contributed by atoms with E-state index in [9.17, 15) is 10.1 Å². The van der Waals surface area contributed by atoms with Gasteiger partial charge in [-0.2, -0.15) is 5.26 Å². The normalized spacial score (nSPS) is 17.6. The predicted octanol–water partition coefficient (Wildman–Crippen LogP) is 2.77. The van der Waals surface area contributed by atoms with E-state index in [1.807, 2.05) is 7.05 Å². The fourth-order valence-corrected chi connectivity index (χ4v) is 5.72. The van der Waals surface area contributed by atoms with E-state index in [4.69, 9.17) is 0 Å². The molecule has 1 aliphatic rings. The summed E-state index contributed by atoms with van der Waals surface area (Å²) in [6, 6.07) is 4.43. The molecule has 0 aromatic carbocycles. The van der Waals surface area contributed by atoms with Gasteiger partial charge in [0.2, 0.25) is 0 Å². The molecule has 2 N–H and O–H groups in total. The lowest BCUT2D eigenvalue weighted by atomic mass is 9.89. The minimum absolute atomic E-state index is 0.0187. The Kier molecular flexibility index (Phi) is 5.57. The van der Waals surface area contributed by atoms with Crippen molar-refractivity contribution >= 4 is 33.6 Å². The molecule has 1 unspecified atom stereocenters. The van der Waals surface area contributed by atoms with Crippen LogP contribution in [0.3, 0.4) is 0 Å². The van der Waals surface area contributed by atoms with E-state index in [2.05, 4.69) is 36.7 Å². The van der Waals surface area contributed by atoms with Gasteiger partial charge < -0.3 is 10.2 Å². The molecule has 2 aromatic rings. The molecule has 0 fully saturated rings. The third kappa shape index (κ3) is 4.12. The van der Waals surface area contributed by atoms with Gasteiger partial charge in [0, 0.05) is 4.88 Å². The summed E-state index contributed by atoms with van der Waals surface area (Å²) in [4.78, 5) is 16.2. The van der Waals surface area contributed by atoms with Crippen molar-refractivity contribution in [2.24, 2.45) is 5.92 Å². The molecular weight excluding hydrogens is 350 g/mol. The SMILES string of the molecule is Cc1ccsc1C[NH+](C)CC(=O)Nc1sc2c(c1C#N)CC[C@@H](C)C2. The van der Waals surface area contributed by atoms with Gasteiger partial charge in [0.1, 0.15) is 17.6 Å². The second kappa shape index (κ2) is 7.69.